The van der Waals surface area contributed by atoms with E-state index in [1.54, 1.807) is 5.92 Å². The molecule has 0 saturated heterocycles. The van der Waals surface area contributed by atoms with Gasteiger partial charge in [-0.05, 0) is 11.1 Å². The van der Waals surface area contributed by atoms with Crippen molar-refractivity contribution in [2.75, 3.05) is 0 Å². The quantitative estimate of drug-likeness (QED) is 0.570. The number of hydrogen-bond acceptors (Lipinski definition) is 1. The normalized spacial score (nSPS) is 17.7. The van der Waals surface area contributed by atoms with E-state index in [9.17, 15) is 0 Å². The van der Waals surface area contributed by atoms with Crippen molar-refractivity contribution in [1.29, 1.82) is 0 Å². The van der Waals surface area contributed by atoms with E-state index >= 15 is 0 Å². The molecule has 22 heavy (non-hydrogen) atoms. The zero-order valence-corrected chi connectivity index (χ0v) is 16.6. The monoisotopic (exact) mass is 361 g/mol. The third kappa shape index (κ3) is 3.30. The molecule has 0 spiro atoms. The molecular weight excluding hydrogens is 343 g/mol. The van der Waals surface area contributed by atoms with Crippen LogP contribution in [0.3, 0.4) is 0 Å². The fourth-order valence-electron chi connectivity index (χ4n) is 3.58. The van der Waals surface area contributed by atoms with Gasteiger partial charge in [0.1, 0.15) is 0 Å². The van der Waals surface area contributed by atoms with Crippen LogP contribution in [0.25, 0.3) is 0 Å². The topological polar surface area (TPSA) is 3.24 Å². The standard InChI is InChI=1S/C19H20N.ClH.Zn/c1-3-7-16(8-4-1)14-20(19-11-18(12-19)13-19)15-17-9-5-2-6-10-17;;/h1-10H,11-15H2;1H;/q-1;;+2/p-1. The second kappa shape index (κ2) is 7.26. The smallest absolute Gasteiger partial charge is 1.00 e. The third-order valence-electron chi connectivity index (χ3n) is 4.84. The van der Waals surface area contributed by atoms with E-state index in [-0.39, 0.29) is 31.9 Å². The Hall–Kier alpha value is -0.687. The molecule has 0 atom stereocenters. The molecule has 2 bridgehead atoms. The van der Waals surface area contributed by atoms with Crippen molar-refractivity contribution in [3.63, 3.8) is 0 Å². The molecule has 3 fully saturated rings. The second-order valence-corrected chi connectivity index (χ2v) is 6.33. The first-order chi connectivity index (χ1) is 9.84. The average Bonchev–Trinajstić information content (AvgIpc) is 2.37. The van der Waals surface area contributed by atoms with Gasteiger partial charge in [-0.25, -0.2) is 0 Å². The first-order valence-electron chi connectivity index (χ1n) is 7.51. The maximum Gasteiger partial charge on any atom is 2.00 e. The molecule has 1 nitrogen and oxygen atoms in total. The molecule has 5 rings (SSSR count). The zero-order valence-electron chi connectivity index (χ0n) is 12.8. The van der Waals surface area contributed by atoms with Crippen LogP contribution >= 0.6 is 0 Å². The van der Waals surface area contributed by atoms with E-state index in [0.717, 1.165) is 13.1 Å². The fraction of sp³-hybridized carbons (Fsp3) is 0.316. The Bertz CT molecular complexity index is 528. The molecule has 3 heteroatoms. The molecule has 110 valence electrons. The number of benzene rings is 2. The van der Waals surface area contributed by atoms with Gasteiger partial charge in [-0.2, -0.15) is 19.3 Å². The van der Waals surface area contributed by atoms with Crippen molar-refractivity contribution in [1.82, 2.24) is 4.90 Å². The van der Waals surface area contributed by atoms with Crippen LogP contribution in [0, 0.1) is 5.92 Å². The van der Waals surface area contributed by atoms with Crippen molar-refractivity contribution in [2.45, 2.75) is 37.9 Å². The second-order valence-electron chi connectivity index (χ2n) is 6.33. The van der Waals surface area contributed by atoms with E-state index in [1.807, 2.05) is 0 Å². The maximum absolute atomic E-state index is 2.70. The van der Waals surface area contributed by atoms with Crippen LogP contribution in [0.5, 0.6) is 0 Å². The Kier molecular flexibility index (Phi) is 5.83. The molecule has 3 aliphatic rings. The summed E-state index contributed by atoms with van der Waals surface area (Å²) in [6, 6.07) is 21.8. The predicted octanol–water partition coefficient (Wildman–Crippen LogP) is 1.20. The van der Waals surface area contributed by atoms with Gasteiger partial charge in [0.2, 0.25) is 0 Å². The largest absolute Gasteiger partial charge is 2.00 e. The third-order valence-corrected chi connectivity index (χ3v) is 4.84. The summed E-state index contributed by atoms with van der Waals surface area (Å²) in [5, 5.41) is 0. The summed E-state index contributed by atoms with van der Waals surface area (Å²) in [7, 11) is 0. The van der Waals surface area contributed by atoms with E-state index in [1.165, 1.54) is 30.4 Å². The fourth-order valence-corrected chi connectivity index (χ4v) is 3.58. The zero-order chi connectivity index (χ0) is 13.4. The molecule has 2 aromatic rings. The van der Waals surface area contributed by atoms with Gasteiger partial charge in [-0.1, -0.05) is 66.2 Å². The van der Waals surface area contributed by atoms with Gasteiger partial charge in [0.25, 0.3) is 0 Å². The summed E-state index contributed by atoms with van der Waals surface area (Å²) in [6.45, 7) is 2.14. The first-order valence-corrected chi connectivity index (χ1v) is 7.51. The molecule has 3 aliphatic carbocycles. The maximum atomic E-state index is 2.70. The summed E-state index contributed by atoms with van der Waals surface area (Å²) in [5.74, 6) is 1.77. The molecule has 0 aliphatic heterocycles. The van der Waals surface area contributed by atoms with Gasteiger partial charge in [0, 0.05) is 13.1 Å². The van der Waals surface area contributed by atoms with Crippen LogP contribution in [-0.2, 0) is 32.6 Å². The summed E-state index contributed by atoms with van der Waals surface area (Å²) in [5.41, 5.74) is 3.34. The van der Waals surface area contributed by atoms with Crippen molar-refractivity contribution < 1.29 is 31.9 Å². The van der Waals surface area contributed by atoms with E-state index in [2.05, 4.69) is 65.6 Å². The SMILES string of the molecule is [Cl-].[Zn+2].c1ccc(CN(Cc2ccccc2)C23C[C-](C2)C3)cc1. The van der Waals surface area contributed by atoms with E-state index in [4.69, 9.17) is 0 Å². The minimum Gasteiger partial charge on any atom is -1.00 e. The van der Waals surface area contributed by atoms with Gasteiger partial charge in [-0.3, -0.25) is 4.90 Å². The van der Waals surface area contributed by atoms with E-state index < -0.39 is 0 Å². The van der Waals surface area contributed by atoms with Crippen molar-refractivity contribution in [3.05, 3.63) is 77.7 Å². The van der Waals surface area contributed by atoms with Crippen LogP contribution in [-0.4, -0.2) is 10.4 Å². The number of hydrogen-bond donors (Lipinski definition) is 0. The van der Waals surface area contributed by atoms with Crippen LogP contribution in [0.4, 0.5) is 0 Å². The molecule has 0 N–H and O–H groups in total. The molecule has 2 aromatic carbocycles. The molecular formula is C19H20ClNZn. The molecule has 0 amide bonds. The van der Waals surface area contributed by atoms with Crippen LogP contribution in [0.1, 0.15) is 30.4 Å². The van der Waals surface area contributed by atoms with Crippen LogP contribution in [0.15, 0.2) is 60.7 Å². The molecule has 0 unspecified atom stereocenters. The van der Waals surface area contributed by atoms with Gasteiger partial charge in [-0.15, -0.1) is 0 Å². The van der Waals surface area contributed by atoms with Crippen molar-refractivity contribution in [2.24, 2.45) is 0 Å². The summed E-state index contributed by atoms with van der Waals surface area (Å²) >= 11 is 0. The van der Waals surface area contributed by atoms with Crippen LogP contribution in [0.2, 0.25) is 0 Å². The Balaban J connectivity index is 0.000000882. The van der Waals surface area contributed by atoms with E-state index in [0.29, 0.717) is 5.54 Å². The van der Waals surface area contributed by atoms with Gasteiger partial charge < -0.3 is 18.3 Å². The summed E-state index contributed by atoms with van der Waals surface area (Å²) in [6.07, 6.45) is 4.02. The molecule has 3 saturated carbocycles. The molecule has 0 radical (unpaired) electrons. The Morgan fingerprint density at radius 1 is 0.773 bits per heavy atom. The van der Waals surface area contributed by atoms with Gasteiger partial charge in [0.15, 0.2) is 0 Å². The van der Waals surface area contributed by atoms with Gasteiger partial charge >= 0.3 is 19.5 Å². The minimum absolute atomic E-state index is 0. The number of rotatable bonds is 5. The predicted molar refractivity (Wildman–Crippen MR) is 82.0 cm³/mol. The Morgan fingerprint density at radius 2 is 1.18 bits per heavy atom. The summed E-state index contributed by atoms with van der Waals surface area (Å²) in [4.78, 5) is 2.70. The van der Waals surface area contributed by atoms with Crippen molar-refractivity contribution in [3.8, 4) is 0 Å². The first kappa shape index (κ1) is 17.7. The van der Waals surface area contributed by atoms with Crippen molar-refractivity contribution >= 4 is 0 Å². The molecule has 0 heterocycles. The average molecular weight is 363 g/mol. The Morgan fingerprint density at radius 3 is 1.50 bits per heavy atom. The van der Waals surface area contributed by atoms with Crippen LogP contribution < -0.4 is 12.4 Å². The summed E-state index contributed by atoms with van der Waals surface area (Å²) < 4.78 is 0. The number of halogens is 1. The Labute approximate surface area is 152 Å². The molecule has 0 aromatic heterocycles. The number of nitrogens with zero attached hydrogens (tertiary/aromatic N) is 1. The van der Waals surface area contributed by atoms with Gasteiger partial charge in [0.05, 0.1) is 0 Å². The minimum atomic E-state index is 0.